The first kappa shape index (κ1) is 13.7. The van der Waals surface area contributed by atoms with Crippen molar-refractivity contribution in [3.63, 3.8) is 0 Å². The number of carbonyl (C=O) groups excluding carboxylic acids is 1. The highest BCUT2D eigenvalue weighted by molar-refractivity contribution is 6.00. The molecule has 0 heterocycles. The van der Waals surface area contributed by atoms with Gasteiger partial charge in [0, 0.05) is 12.0 Å². The molecule has 19 heavy (non-hydrogen) atoms. The van der Waals surface area contributed by atoms with Gasteiger partial charge in [-0.25, -0.2) is 0 Å². The van der Waals surface area contributed by atoms with E-state index < -0.39 is 12.0 Å². The van der Waals surface area contributed by atoms with Gasteiger partial charge in [0.05, 0.1) is 6.04 Å². The standard InChI is InChI=1S/C15H19NO3/c16-13(7-8-14(17)18)15(19)12-6-5-10-3-1-2-4-11(10)9-12/h5-6,9,13H,1-4,7-8,16H2,(H,17,18). The highest BCUT2D eigenvalue weighted by atomic mass is 16.4. The van der Waals surface area contributed by atoms with E-state index in [1.807, 2.05) is 18.2 Å². The molecule has 1 aliphatic rings. The third-order valence-corrected chi connectivity index (χ3v) is 3.64. The zero-order chi connectivity index (χ0) is 13.8. The van der Waals surface area contributed by atoms with Crippen LogP contribution in [-0.2, 0) is 17.6 Å². The smallest absolute Gasteiger partial charge is 0.303 e. The van der Waals surface area contributed by atoms with E-state index >= 15 is 0 Å². The molecule has 1 atom stereocenters. The first-order valence-corrected chi connectivity index (χ1v) is 6.71. The van der Waals surface area contributed by atoms with Crippen LogP contribution in [0.25, 0.3) is 0 Å². The maximum atomic E-state index is 12.1. The molecule has 0 saturated heterocycles. The Kier molecular flexibility index (Phi) is 4.32. The Labute approximate surface area is 112 Å². The van der Waals surface area contributed by atoms with Crippen molar-refractivity contribution in [2.75, 3.05) is 0 Å². The normalized spacial score (nSPS) is 15.6. The fraction of sp³-hybridized carbons (Fsp3) is 0.467. The number of aliphatic carboxylic acids is 1. The molecule has 0 saturated carbocycles. The summed E-state index contributed by atoms with van der Waals surface area (Å²) in [5.74, 6) is -1.08. The second-order valence-corrected chi connectivity index (χ2v) is 5.09. The lowest BCUT2D eigenvalue weighted by Gasteiger charge is -2.17. The van der Waals surface area contributed by atoms with Crippen LogP contribution in [0.15, 0.2) is 18.2 Å². The fourth-order valence-electron chi connectivity index (χ4n) is 2.51. The lowest BCUT2D eigenvalue weighted by molar-refractivity contribution is -0.137. The Bertz CT molecular complexity index is 496. The summed E-state index contributed by atoms with van der Waals surface area (Å²) in [6, 6.07) is 5.02. The van der Waals surface area contributed by atoms with Gasteiger partial charge in [-0.3, -0.25) is 9.59 Å². The van der Waals surface area contributed by atoms with E-state index in [9.17, 15) is 9.59 Å². The zero-order valence-corrected chi connectivity index (χ0v) is 10.9. The summed E-state index contributed by atoms with van der Waals surface area (Å²) in [7, 11) is 0. The van der Waals surface area contributed by atoms with Crippen molar-refractivity contribution < 1.29 is 14.7 Å². The number of carbonyl (C=O) groups is 2. The molecule has 0 aromatic heterocycles. The van der Waals surface area contributed by atoms with Crippen LogP contribution in [0.2, 0.25) is 0 Å². The number of aryl methyl sites for hydroxylation is 2. The number of hydrogen-bond donors (Lipinski definition) is 2. The molecule has 4 nitrogen and oxygen atoms in total. The van der Waals surface area contributed by atoms with Crippen LogP contribution in [0, 0.1) is 0 Å². The molecule has 0 amide bonds. The van der Waals surface area contributed by atoms with Crippen molar-refractivity contribution in [1.29, 1.82) is 0 Å². The van der Waals surface area contributed by atoms with Crippen LogP contribution in [0.5, 0.6) is 0 Å². The Morgan fingerprint density at radius 3 is 2.58 bits per heavy atom. The molecule has 2 rings (SSSR count). The molecule has 0 fully saturated rings. The van der Waals surface area contributed by atoms with Crippen LogP contribution in [-0.4, -0.2) is 22.9 Å². The maximum Gasteiger partial charge on any atom is 0.303 e. The van der Waals surface area contributed by atoms with Crippen molar-refractivity contribution in [2.24, 2.45) is 5.73 Å². The Morgan fingerprint density at radius 1 is 1.21 bits per heavy atom. The average Bonchev–Trinajstić information content (AvgIpc) is 2.43. The summed E-state index contributed by atoms with van der Waals surface area (Å²) in [6.45, 7) is 0. The topological polar surface area (TPSA) is 80.4 Å². The maximum absolute atomic E-state index is 12.1. The highest BCUT2D eigenvalue weighted by Crippen LogP contribution is 2.22. The summed E-state index contributed by atoms with van der Waals surface area (Å²) in [6.07, 6.45) is 4.58. The van der Waals surface area contributed by atoms with Gasteiger partial charge in [-0.05, 0) is 49.3 Å². The minimum Gasteiger partial charge on any atom is -0.481 e. The predicted octanol–water partition coefficient (Wildman–Crippen LogP) is 1.94. The molecule has 1 aromatic rings. The van der Waals surface area contributed by atoms with Gasteiger partial charge >= 0.3 is 5.97 Å². The lowest BCUT2D eigenvalue weighted by atomic mass is 9.88. The van der Waals surface area contributed by atoms with Crippen LogP contribution in [0.4, 0.5) is 0 Å². The minimum atomic E-state index is -0.923. The molecule has 1 aliphatic carbocycles. The van der Waals surface area contributed by atoms with Gasteiger partial charge in [-0.15, -0.1) is 0 Å². The van der Waals surface area contributed by atoms with Gasteiger partial charge in [-0.2, -0.15) is 0 Å². The van der Waals surface area contributed by atoms with Crippen molar-refractivity contribution in [3.05, 3.63) is 34.9 Å². The number of carboxylic acid groups (broad SMARTS) is 1. The molecule has 0 spiro atoms. The number of nitrogens with two attached hydrogens (primary N) is 1. The Morgan fingerprint density at radius 2 is 1.89 bits per heavy atom. The summed E-state index contributed by atoms with van der Waals surface area (Å²) in [5.41, 5.74) is 8.93. The summed E-state index contributed by atoms with van der Waals surface area (Å²) in [5, 5.41) is 8.61. The number of fused-ring (bicyclic) bond motifs is 1. The van der Waals surface area contributed by atoms with Crippen LogP contribution in [0.1, 0.15) is 47.2 Å². The first-order valence-electron chi connectivity index (χ1n) is 6.71. The molecule has 0 aliphatic heterocycles. The number of hydrogen-bond acceptors (Lipinski definition) is 3. The van der Waals surface area contributed by atoms with E-state index in [4.69, 9.17) is 10.8 Å². The van der Waals surface area contributed by atoms with Crippen LogP contribution < -0.4 is 5.73 Å². The first-order chi connectivity index (χ1) is 9.08. The Balaban J connectivity index is 2.08. The van der Waals surface area contributed by atoms with Gasteiger partial charge < -0.3 is 10.8 Å². The second-order valence-electron chi connectivity index (χ2n) is 5.09. The second kappa shape index (κ2) is 5.97. The number of ketones is 1. The Hall–Kier alpha value is -1.68. The molecule has 1 aromatic carbocycles. The summed E-state index contributed by atoms with van der Waals surface area (Å²) in [4.78, 5) is 22.6. The lowest BCUT2D eigenvalue weighted by Crippen LogP contribution is -2.31. The number of carboxylic acids is 1. The third kappa shape index (κ3) is 3.41. The van der Waals surface area contributed by atoms with Gasteiger partial charge in [0.25, 0.3) is 0 Å². The van der Waals surface area contributed by atoms with Gasteiger partial charge in [-0.1, -0.05) is 12.1 Å². The van der Waals surface area contributed by atoms with Gasteiger partial charge in [0.2, 0.25) is 0 Å². The van der Waals surface area contributed by atoms with Crippen molar-refractivity contribution in [2.45, 2.75) is 44.6 Å². The molecule has 3 N–H and O–H groups in total. The zero-order valence-electron chi connectivity index (χ0n) is 10.9. The molecule has 4 heteroatoms. The quantitative estimate of drug-likeness (QED) is 0.794. The number of Topliss-reactive ketones (excluding diaryl/α,β-unsaturated/α-hetero) is 1. The van der Waals surface area contributed by atoms with E-state index in [0.717, 1.165) is 19.3 Å². The molecular formula is C15H19NO3. The van der Waals surface area contributed by atoms with Crippen molar-refractivity contribution >= 4 is 11.8 Å². The summed E-state index contributed by atoms with van der Waals surface area (Å²) < 4.78 is 0. The van der Waals surface area contributed by atoms with Crippen LogP contribution >= 0.6 is 0 Å². The molecule has 0 radical (unpaired) electrons. The average molecular weight is 261 g/mol. The summed E-state index contributed by atoms with van der Waals surface area (Å²) >= 11 is 0. The minimum absolute atomic E-state index is 0.0716. The van der Waals surface area contributed by atoms with Crippen LogP contribution in [0.3, 0.4) is 0 Å². The molecule has 1 unspecified atom stereocenters. The monoisotopic (exact) mass is 261 g/mol. The molecular weight excluding hydrogens is 242 g/mol. The van der Waals surface area contributed by atoms with E-state index in [0.29, 0.717) is 5.56 Å². The molecule has 102 valence electrons. The van der Waals surface area contributed by atoms with Crippen molar-refractivity contribution in [1.82, 2.24) is 0 Å². The van der Waals surface area contributed by atoms with E-state index in [-0.39, 0.29) is 18.6 Å². The van der Waals surface area contributed by atoms with E-state index in [1.54, 1.807) is 0 Å². The van der Waals surface area contributed by atoms with Gasteiger partial charge in [0.1, 0.15) is 0 Å². The third-order valence-electron chi connectivity index (χ3n) is 3.64. The SMILES string of the molecule is NC(CCC(=O)O)C(=O)c1ccc2c(c1)CCCC2. The van der Waals surface area contributed by atoms with E-state index in [1.165, 1.54) is 17.5 Å². The fourth-order valence-corrected chi connectivity index (χ4v) is 2.51. The number of benzene rings is 1. The highest BCUT2D eigenvalue weighted by Gasteiger charge is 2.18. The van der Waals surface area contributed by atoms with E-state index in [2.05, 4.69) is 0 Å². The van der Waals surface area contributed by atoms with Crippen molar-refractivity contribution in [3.8, 4) is 0 Å². The molecule has 0 bridgehead atoms. The predicted molar refractivity (Wildman–Crippen MR) is 72.3 cm³/mol. The largest absolute Gasteiger partial charge is 0.481 e. The number of rotatable bonds is 5. The van der Waals surface area contributed by atoms with Gasteiger partial charge in [0.15, 0.2) is 5.78 Å².